The zero-order chi connectivity index (χ0) is 19.3. The number of unbranched alkanes of at least 4 members (excludes halogenated alkanes) is 2. The third kappa shape index (κ3) is 3.57. The molecule has 0 bridgehead atoms. The number of rotatable bonds is 8. The second-order valence-corrected chi connectivity index (χ2v) is 7.69. The molecule has 3 aromatic carbocycles. The minimum atomic E-state index is 0.758. The summed E-state index contributed by atoms with van der Waals surface area (Å²) in [6, 6.07) is 22.1. The van der Waals surface area contributed by atoms with Crippen molar-refractivity contribution in [1.82, 2.24) is 4.98 Å². The molecular weight excluding hydrogens is 340 g/mol. The van der Waals surface area contributed by atoms with Crippen LogP contribution in [0.4, 0.5) is 0 Å². The highest BCUT2D eigenvalue weighted by molar-refractivity contribution is 6.01. The van der Waals surface area contributed by atoms with E-state index in [-0.39, 0.29) is 0 Å². The molecule has 0 saturated heterocycles. The molecule has 0 amide bonds. The third-order valence-electron chi connectivity index (χ3n) is 5.77. The van der Waals surface area contributed by atoms with Gasteiger partial charge in [0.25, 0.3) is 0 Å². The highest BCUT2D eigenvalue weighted by Crippen LogP contribution is 2.36. The number of H-pyrrole nitrogens is 1. The molecule has 2 nitrogen and oxygen atoms in total. The molecule has 1 heterocycles. The Morgan fingerprint density at radius 2 is 1.57 bits per heavy atom. The smallest absolute Gasteiger partial charge is 0.0503 e. The molecule has 0 unspecified atom stereocenters. The van der Waals surface area contributed by atoms with Crippen LogP contribution in [-0.4, -0.2) is 11.5 Å². The average molecular weight is 371 g/mol. The number of nitrogens with one attached hydrogen (secondary N) is 1. The summed E-state index contributed by atoms with van der Waals surface area (Å²) in [6.45, 7) is 3.02. The van der Waals surface area contributed by atoms with E-state index >= 15 is 0 Å². The predicted molar refractivity (Wildman–Crippen MR) is 122 cm³/mol. The highest BCUT2D eigenvalue weighted by Gasteiger charge is 2.16. The molecule has 0 radical (unpaired) electrons. The van der Waals surface area contributed by atoms with E-state index in [1.54, 1.807) is 0 Å². The lowest BCUT2D eigenvalue weighted by Gasteiger charge is -2.09. The molecule has 1 aromatic heterocycles. The van der Waals surface area contributed by atoms with Gasteiger partial charge in [-0.25, -0.2) is 0 Å². The van der Waals surface area contributed by atoms with Crippen LogP contribution in [0.2, 0.25) is 0 Å². The van der Waals surface area contributed by atoms with Crippen LogP contribution in [0.3, 0.4) is 0 Å². The van der Waals surface area contributed by atoms with E-state index in [1.165, 1.54) is 56.9 Å². The monoisotopic (exact) mass is 370 g/mol. The van der Waals surface area contributed by atoms with E-state index in [9.17, 15) is 0 Å². The number of benzene rings is 3. The van der Waals surface area contributed by atoms with Crippen molar-refractivity contribution in [3.05, 3.63) is 71.8 Å². The fourth-order valence-corrected chi connectivity index (χ4v) is 4.29. The van der Waals surface area contributed by atoms with E-state index < -0.39 is 0 Å². The fraction of sp³-hybridized carbons (Fsp3) is 0.308. The number of aromatic amines is 1. The molecule has 3 N–H and O–H groups in total. The van der Waals surface area contributed by atoms with E-state index in [4.69, 9.17) is 5.73 Å². The van der Waals surface area contributed by atoms with Gasteiger partial charge in [-0.3, -0.25) is 0 Å². The van der Waals surface area contributed by atoms with Crippen LogP contribution in [0.15, 0.2) is 60.7 Å². The first-order chi connectivity index (χ1) is 13.8. The van der Waals surface area contributed by atoms with E-state index in [2.05, 4.69) is 72.6 Å². The lowest BCUT2D eigenvalue weighted by molar-refractivity contribution is 0.748. The van der Waals surface area contributed by atoms with Crippen molar-refractivity contribution in [3.63, 3.8) is 0 Å². The highest BCUT2D eigenvalue weighted by atomic mass is 14.7. The van der Waals surface area contributed by atoms with Gasteiger partial charge in [-0.05, 0) is 60.5 Å². The van der Waals surface area contributed by atoms with Crippen molar-refractivity contribution in [2.75, 3.05) is 6.54 Å². The Morgan fingerprint density at radius 1 is 0.786 bits per heavy atom. The normalized spacial score (nSPS) is 11.5. The Morgan fingerprint density at radius 3 is 2.43 bits per heavy atom. The standard InChI is InChI=1S/C26H30N2/c1-2-3-10-20-13-9-17-23-24(15-6-7-18-27)26(28-25(20)23)22-16-8-12-19-11-4-5-14-21(19)22/h4-5,8-9,11-14,16-17,28H,2-3,6-7,10,15,18,27H2,1H3. The van der Waals surface area contributed by atoms with Crippen LogP contribution in [0.1, 0.15) is 43.7 Å². The molecule has 0 aliphatic rings. The topological polar surface area (TPSA) is 41.8 Å². The van der Waals surface area contributed by atoms with Gasteiger partial charge in [-0.2, -0.15) is 0 Å². The molecule has 4 aromatic rings. The molecule has 4 rings (SSSR count). The van der Waals surface area contributed by atoms with Crippen LogP contribution in [0.5, 0.6) is 0 Å². The molecule has 0 aliphatic heterocycles. The van der Waals surface area contributed by atoms with Crippen molar-refractivity contribution in [3.8, 4) is 11.3 Å². The second-order valence-electron chi connectivity index (χ2n) is 7.69. The maximum atomic E-state index is 5.78. The largest absolute Gasteiger partial charge is 0.354 e. The van der Waals surface area contributed by atoms with Gasteiger partial charge in [0.05, 0.1) is 5.69 Å². The third-order valence-corrected chi connectivity index (χ3v) is 5.77. The van der Waals surface area contributed by atoms with Crippen molar-refractivity contribution in [2.45, 2.75) is 45.4 Å². The van der Waals surface area contributed by atoms with Crippen LogP contribution >= 0.6 is 0 Å². The Labute approximate surface area is 167 Å². The zero-order valence-corrected chi connectivity index (χ0v) is 16.8. The lowest BCUT2D eigenvalue weighted by Crippen LogP contribution is -1.99. The van der Waals surface area contributed by atoms with Gasteiger partial charge < -0.3 is 10.7 Å². The molecular formula is C26H30N2. The van der Waals surface area contributed by atoms with Crippen LogP contribution in [0.25, 0.3) is 32.9 Å². The number of para-hydroxylation sites is 1. The summed E-state index contributed by atoms with van der Waals surface area (Å²) in [5.74, 6) is 0. The fourth-order valence-electron chi connectivity index (χ4n) is 4.29. The molecule has 0 fully saturated rings. The second kappa shape index (κ2) is 8.62. The van der Waals surface area contributed by atoms with Gasteiger partial charge in [0.1, 0.15) is 0 Å². The number of hydrogen-bond donors (Lipinski definition) is 2. The Balaban J connectivity index is 1.91. The number of nitrogens with two attached hydrogens (primary N) is 1. The number of fused-ring (bicyclic) bond motifs is 2. The molecule has 0 atom stereocenters. The number of aromatic nitrogens is 1. The number of aryl methyl sites for hydroxylation is 2. The van der Waals surface area contributed by atoms with Crippen LogP contribution < -0.4 is 5.73 Å². The Kier molecular flexibility index (Phi) is 5.78. The summed E-state index contributed by atoms with van der Waals surface area (Å²) >= 11 is 0. The molecule has 0 spiro atoms. The van der Waals surface area contributed by atoms with E-state index in [0.29, 0.717) is 0 Å². The minimum Gasteiger partial charge on any atom is -0.354 e. The van der Waals surface area contributed by atoms with Crippen molar-refractivity contribution >= 4 is 21.7 Å². The Hall–Kier alpha value is -2.58. The summed E-state index contributed by atoms with van der Waals surface area (Å²) in [6.07, 6.45) is 6.83. The predicted octanol–water partition coefficient (Wildman–Crippen LogP) is 6.61. The van der Waals surface area contributed by atoms with Crippen LogP contribution in [0, 0.1) is 0 Å². The lowest BCUT2D eigenvalue weighted by atomic mass is 9.96. The molecule has 0 aliphatic carbocycles. The van der Waals surface area contributed by atoms with Gasteiger partial charge in [-0.1, -0.05) is 74.0 Å². The molecule has 0 saturated carbocycles. The maximum Gasteiger partial charge on any atom is 0.0503 e. The van der Waals surface area contributed by atoms with Gasteiger partial charge in [0.15, 0.2) is 0 Å². The van der Waals surface area contributed by atoms with E-state index in [0.717, 1.165) is 32.2 Å². The molecule has 144 valence electrons. The van der Waals surface area contributed by atoms with Crippen LogP contribution in [-0.2, 0) is 12.8 Å². The SMILES string of the molecule is CCCCc1cccc2c(CCCCN)c(-c3cccc4ccccc34)[nH]c12. The average Bonchev–Trinajstić information content (AvgIpc) is 3.11. The minimum absolute atomic E-state index is 0.758. The molecule has 28 heavy (non-hydrogen) atoms. The quantitative estimate of drug-likeness (QED) is 0.337. The van der Waals surface area contributed by atoms with Crippen molar-refractivity contribution in [1.29, 1.82) is 0 Å². The summed E-state index contributed by atoms with van der Waals surface area (Å²) in [5, 5.41) is 3.98. The maximum absolute atomic E-state index is 5.78. The first-order valence-electron chi connectivity index (χ1n) is 10.6. The van der Waals surface area contributed by atoms with E-state index in [1.807, 2.05) is 0 Å². The molecule has 2 heteroatoms. The summed E-state index contributed by atoms with van der Waals surface area (Å²) in [7, 11) is 0. The summed E-state index contributed by atoms with van der Waals surface area (Å²) < 4.78 is 0. The van der Waals surface area contributed by atoms with Gasteiger partial charge >= 0.3 is 0 Å². The Bertz CT molecular complexity index is 1070. The van der Waals surface area contributed by atoms with Gasteiger partial charge in [-0.15, -0.1) is 0 Å². The van der Waals surface area contributed by atoms with Crippen molar-refractivity contribution < 1.29 is 0 Å². The summed E-state index contributed by atoms with van der Waals surface area (Å²) in [4.78, 5) is 3.85. The van der Waals surface area contributed by atoms with Gasteiger partial charge in [0.2, 0.25) is 0 Å². The first-order valence-corrected chi connectivity index (χ1v) is 10.6. The first kappa shape index (κ1) is 18.8. The summed E-state index contributed by atoms with van der Waals surface area (Å²) in [5.41, 5.74) is 12.6. The zero-order valence-electron chi connectivity index (χ0n) is 16.8. The van der Waals surface area contributed by atoms with Gasteiger partial charge in [0, 0.05) is 16.5 Å². The van der Waals surface area contributed by atoms with Crippen molar-refractivity contribution in [2.24, 2.45) is 5.73 Å². The number of hydrogen-bond acceptors (Lipinski definition) is 1.